The molecule has 0 aromatic heterocycles. The van der Waals surface area contributed by atoms with Crippen molar-refractivity contribution in [2.75, 3.05) is 6.54 Å². The lowest BCUT2D eigenvalue weighted by Crippen LogP contribution is -2.42. The van der Waals surface area contributed by atoms with Crippen molar-refractivity contribution >= 4 is 6.09 Å². The van der Waals surface area contributed by atoms with Crippen LogP contribution < -0.4 is 5.32 Å². The van der Waals surface area contributed by atoms with Gasteiger partial charge < -0.3 is 14.9 Å². The monoisotopic (exact) mass is 252 g/mol. The van der Waals surface area contributed by atoms with Crippen molar-refractivity contribution in [3.63, 3.8) is 0 Å². The molecule has 1 N–H and O–H groups in total. The fourth-order valence-electron chi connectivity index (χ4n) is 2.28. The van der Waals surface area contributed by atoms with Crippen molar-refractivity contribution in [2.45, 2.75) is 65.0 Å². The highest BCUT2D eigenvalue weighted by atomic mass is 16.6. The van der Waals surface area contributed by atoms with Crippen LogP contribution in [0, 0.1) is 12.0 Å². The van der Waals surface area contributed by atoms with Gasteiger partial charge in [0, 0.05) is 11.5 Å². The highest BCUT2D eigenvalue weighted by Gasteiger charge is 2.34. The first kappa shape index (κ1) is 14.8. The van der Waals surface area contributed by atoms with Crippen LogP contribution in [-0.2, 0) is 4.74 Å². The molecule has 0 spiro atoms. The Labute approximate surface area is 110 Å². The lowest BCUT2D eigenvalue weighted by Gasteiger charge is -2.34. The first-order chi connectivity index (χ1) is 8.24. The maximum Gasteiger partial charge on any atom is 0.407 e. The summed E-state index contributed by atoms with van der Waals surface area (Å²) < 4.78 is 5.24. The van der Waals surface area contributed by atoms with E-state index >= 15 is 0 Å². The summed E-state index contributed by atoms with van der Waals surface area (Å²) in [6.07, 6.45) is 3.53. The third kappa shape index (κ3) is 4.95. The van der Waals surface area contributed by atoms with Crippen molar-refractivity contribution in [1.82, 2.24) is 5.32 Å². The van der Waals surface area contributed by atoms with Crippen LogP contribution >= 0.6 is 0 Å². The summed E-state index contributed by atoms with van der Waals surface area (Å²) >= 11 is 0. The second-order valence-electron chi connectivity index (χ2n) is 6.55. The highest BCUT2D eigenvalue weighted by molar-refractivity contribution is 5.68. The van der Waals surface area contributed by atoms with E-state index in [1.165, 1.54) is 0 Å². The van der Waals surface area contributed by atoms with Crippen molar-refractivity contribution in [2.24, 2.45) is 5.41 Å². The van der Waals surface area contributed by atoms with E-state index < -0.39 is 5.60 Å². The summed E-state index contributed by atoms with van der Waals surface area (Å²) in [5.74, 6) is 0. The first-order valence-electron chi connectivity index (χ1n) is 6.57. The van der Waals surface area contributed by atoms with E-state index in [1.54, 1.807) is 0 Å². The topological polar surface area (TPSA) is 42.7 Å². The number of nitrogens with zero attached hydrogens (tertiary/aromatic N) is 1. The van der Waals surface area contributed by atoms with Gasteiger partial charge in [0.25, 0.3) is 0 Å². The molecular weight excluding hydrogens is 228 g/mol. The normalized spacial score (nSPS) is 28.3. The third-order valence-corrected chi connectivity index (χ3v) is 3.37. The molecule has 4 nitrogen and oxygen atoms in total. The minimum Gasteiger partial charge on any atom is -0.444 e. The van der Waals surface area contributed by atoms with Gasteiger partial charge in [-0.1, -0.05) is 6.92 Å². The van der Waals surface area contributed by atoms with Crippen molar-refractivity contribution < 1.29 is 9.53 Å². The van der Waals surface area contributed by atoms with Gasteiger partial charge in [0.05, 0.1) is 0 Å². The standard InChI is InChI=1S/C14H24N2O2/c1-13(2,3)18-12(17)16-11-6-8-14(4,9-7-11)10-15-5/h11H,6-10H2,1-4H3,(H,16,17). The fraction of sp³-hybridized carbons (Fsp3) is 0.857. The molecule has 0 bridgehead atoms. The average molecular weight is 252 g/mol. The zero-order valence-corrected chi connectivity index (χ0v) is 11.9. The van der Waals surface area contributed by atoms with E-state index in [9.17, 15) is 4.79 Å². The minimum atomic E-state index is -0.447. The Balaban J connectivity index is 2.36. The third-order valence-electron chi connectivity index (χ3n) is 3.37. The number of hydrogen-bond acceptors (Lipinski definition) is 2. The summed E-state index contributed by atoms with van der Waals surface area (Å²) in [6, 6.07) is 0.193. The molecule has 18 heavy (non-hydrogen) atoms. The van der Waals surface area contributed by atoms with Gasteiger partial charge in [0.15, 0.2) is 0 Å². The molecule has 0 unspecified atom stereocenters. The number of amides is 1. The van der Waals surface area contributed by atoms with E-state index in [-0.39, 0.29) is 17.6 Å². The van der Waals surface area contributed by atoms with Crippen molar-refractivity contribution in [1.29, 1.82) is 0 Å². The van der Waals surface area contributed by atoms with Gasteiger partial charge in [-0.2, -0.15) is 0 Å². The van der Waals surface area contributed by atoms with Gasteiger partial charge >= 0.3 is 6.09 Å². The summed E-state index contributed by atoms with van der Waals surface area (Å²) in [7, 11) is 0. The Bertz CT molecular complexity index is 331. The van der Waals surface area contributed by atoms with Crippen molar-refractivity contribution in [3.05, 3.63) is 11.4 Å². The molecule has 0 radical (unpaired) electrons. The average Bonchev–Trinajstić information content (AvgIpc) is 2.19. The molecular formula is C14H24N2O2. The zero-order valence-electron chi connectivity index (χ0n) is 11.9. The maximum absolute atomic E-state index is 11.6. The molecule has 1 fully saturated rings. The molecule has 0 atom stereocenters. The number of rotatable bonds is 2. The Hall–Kier alpha value is -1.24. The van der Waals surface area contributed by atoms with E-state index in [1.807, 2.05) is 20.8 Å². The Morgan fingerprint density at radius 2 is 2.00 bits per heavy atom. The molecule has 0 aromatic carbocycles. The number of ether oxygens (including phenoxy) is 1. The zero-order chi connectivity index (χ0) is 13.8. The van der Waals surface area contributed by atoms with Crippen LogP contribution in [0.2, 0.25) is 0 Å². The first-order valence-corrected chi connectivity index (χ1v) is 6.57. The second kappa shape index (κ2) is 5.60. The molecule has 1 aliphatic rings. The number of nitrogens with one attached hydrogen (secondary N) is 1. The Morgan fingerprint density at radius 3 is 2.44 bits per heavy atom. The molecule has 1 aliphatic carbocycles. The molecule has 102 valence electrons. The number of carbonyl (C=O) groups is 1. The molecule has 4 heteroatoms. The van der Waals surface area contributed by atoms with Gasteiger partial charge in [-0.25, -0.2) is 11.4 Å². The maximum atomic E-state index is 11.6. The van der Waals surface area contributed by atoms with Gasteiger partial charge in [-0.05, 0) is 46.5 Å². The van der Waals surface area contributed by atoms with Crippen LogP contribution in [0.15, 0.2) is 0 Å². The van der Waals surface area contributed by atoms with Gasteiger partial charge in [-0.15, -0.1) is 0 Å². The predicted molar refractivity (Wildman–Crippen MR) is 71.2 cm³/mol. The summed E-state index contributed by atoms with van der Waals surface area (Å²) in [5, 5.41) is 2.92. The number of hydrogen-bond donors (Lipinski definition) is 1. The largest absolute Gasteiger partial charge is 0.444 e. The van der Waals surface area contributed by atoms with Crippen molar-refractivity contribution in [3.8, 4) is 0 Å². The smallest absolute Gasteiger partial charge is 0.407 e. The van der Waals surface area contributed by atoms with Crippen LogP contribution in [0.4, 0.5) is 4.79 Å². The van der Waals surface area contributed by atoms with Gasteiger partial charge in [0.2, 0.25) is 6.54 Å². The van der Waals surface area contributed by atoms with E-state index in [0.717, 1.165) is 25.7 Å². The minimum absolute atomic E-state index is 0.133. The van der Waals surface area contributed by atoms with E-state index in [2.05, 4.69) is 17.1 Å². The van der Waals surface area contributed by atoms with Gasteiger partial charge in [-0.3, -0.25) is 0 Å². The quantitative estimate of drug-likeness (QED) is 0.766. The SMILES string of the molecule is [C-]#[N+]CC1(C)CCC(NC(=O)OC(C)(C)C)CC1. The highest BCUT2D eigenvalue weighted by Crippen LogP contribution is 2.36. The van der Waals surface area contributed by atoms with Crippen LogP contribution in [0.1, 0.15) is 53.4 Å². The van der Waals surface area contributed by atoms with Crippen LogP contribution in [0.3, 0.4) is 0 Å². The summed E-state index contributed by atoms with van der Waals surface area (Å²) in [6.45, 7) is 15.3. The summed E-state index contributed by atoms with van der Waals surface area (Å²) in [5.41, 5.74) is -0.314. The Morgan fingerprint density at radius 1 is 1.44 bits per heavy atom. The lowest BCUT2D eigenvalue weighted by molar-refractivity contribution is 0.0476. The molecule has 0 aromatic rings. The molecule has 0 aliphatic heterocycles. The van der Waals surface area contributed by atoms with Crippen LogP contribution in [0.25, 0.3) is 4.85 Å². The number of alkyl carbamates (subject to hydrolysis) is 1. The van der Waals surface area contributed by atoms with E-state index in [4.69, 9.17) is 11.3 Å². The lowest BCUT2D eigenvalue weighted by atomic mass is 9.74. The van der Waals surface area contributed by atoms with Gasteiger partial charge in [0.1, 0.15) is 5.60 Å². The fourth-order valence-corrected chi connectivity index (χ4v) is 2.28. The molecule has 0 saturated heterocycles. The number of carbonyl (C=O) groups excluding carboxylic acids is 1. The van der Waals surface area contributed by atoms with Crippen LogP contribution in [0.5, 0.6) is 0 Å². The molecule has 1 rings (SSSR count). The second-order valence-corrected chi connectivity index (χ2v) is 6.55. The Kier molecular flexibility index (Phi) is 4.61. The van der Waals surface area contributed by atoms with Crippen LogP contribution in [-0.4, -0.2) is 24.3 Å². The molecule has 1 saturated carbocycles. The van der Waals surface area contributed by atoms with E-state index in [0.29, 0.717) is 6.54 Å². The predicted octanol–water partition coefficient (Wildman–Crippen LogP) is 3.38. The molecule has 0 heterocycles. The molecule has 1 amide bonds. The summed E-state index contributed by atoms with van der Waals surface area (Å²) in [4.78, 5) is 15.1.